The lowest BCUT2D eigenvalue weighted by atomic mass is 9.75. The third-order valence-electron chi connectivity index (χ3n) is 6.73. The molecule has 150 valence electrons. The molecule has 0 amide bonds. The fourth-order valence-electron chi connectivity index (χ4n) is 5.15. The van der Waals surface area contributed by atoms with Gasteiger partial charge in [-0.25, -0.2) is 4.79 Å². The summed E-state index contributed by atoms with van der Waals surface area (Å²) in [4.78, 5) is 14.4. The van der Waals surface area contributed by atoms with E-state index in [0.29, 0.717) is 5.56 Å². The van der Waals surface area contributed by atoms with E-state index in [-0.39, 0.29) is 10.8 Å². The molecule has 2 aromatic rings. The number of hydrogen-bond donors (Lipinski definition) is 3. The van der Waals surface area contributed by atoms with Crippen molar-refractivity contribution in [3.63, 3.8) is 0 Å². The Bertz CT molecular complexity index is 894. The van der Waals surface area contributed by atoms with Crippen LogP contribution in [0.5, 0.6) is 0 Å². The van der Waals surface area contributed by atoms with Gasteiger partial charge in [-0.1, -0.05) is 44.9 Å². The molecule has 0 aliphatic heterocycles. The quantitative estimate of drug-likeness (QED) is 0.494. The molecule has 1 heterocycles. The second-order valence-corrected chi connectivity index (χ2v) is 10.4. The van der Waals surface area contributed by atoms with E-state index in [9.17, 15) is 9.90 Å². The fourth-order valence-corrected chi connectivity index (χ4v) is 6.46. The topological polar surface area (TPSA) is 75.3 Å². The van der Waals surface area contributed by atoms with Crippen LogP contribution < -0.4 is 11.3 Å². The lowest BCUT2D eigenvalue weighted by Gasteiger charge is -2.30. The van der Waals surface area contributed by atoms with Crippen LogP contribution in [0, 0.1) is 5.41 Å². The summed E-state index contributed by atoms with van der Waals surface area (Å²) in [6, 6.07) is 8.55. The van der Waals surface area contributed by atoms with Gasteiger partial charge in [0, 0.05) is 21.7 Å². The molecule has 4 nitrogen and oxygen atoms in total. The number of benzene rings is 1. The number of thiophene rings is 1. The number of rotatable bonds is 5. The van der Waals surface area contributed by atoms with Crippen molar-refractivity contribution < 1.29 is 9.90 Å². The monoisotopic (exact) mass is 398 g/mol. The summed E-state index contributed by atoms with van der Waals surface area (Å²) in [6.45, 7) is 5.24. The van der Waals surface area contributed by atoms with E-state index in [2.05, 4.69) is 43.5 Å². The van der Waals surface area contributed by atoms with Crippen molar-refractivity contribution in [2.45, 2.75) is 64.2 Å². The van der Waals surface area contributed by atoms with Crippen molar-refractivity contribution in [1.29, 1.82) is 0 Å². The van der Waals surface area contributed by atoms with Crippen LogP contribution >= 0.6 is 11.3 Å². The van der Waals surface area contributed by atoms with Crippen LogP contribution in [0.4, 0.5) is 0 Å². The third-order valence-corrected chi connectivity index (χ3v) is 8.07. The zero-order chi connectivity index (χ0) is 19.9. The lowest BCUT2D eigenvalue weighted by molar-refractivity contribution is 0.0696. The minimum Gasteiger partial charge on any atom is -0.478 e. The molecule has 4 rings (SSSR count). The average molecular weight is 399 g/mol. The lowest BCUT2D eigenvalue weighted by Crippen LogP contribution is -2.39. The molecule has 0 unspecified atom stereocenters. The van der Waals surface area contributed by atoms with Gasteiger partial charge < -0.3 is 5.11 Å². The number of aromatic carboxylic acids is 1. The molecule has 0 radical (unpaired) electrons. The van der Waals surface area contributed by atoms with Crippen molar-refractivity contribution in [3.8, 4) is 10.4 Å². The Morgan fingerprint density at radius 3 is 2.68 bits per heavy atom. The first-order valence-corrected chi connectivity index (χ1v) is 11.1. The number of carboxylic acids is 1. The van der Waals surface area contributed by atoms with Gasteiger partial charge in [0.1, 0.15) is 0 Å². The molecular formula is C23H30N2O2S. The largest absolute Gasteiger partial charge is 0.478 e. The SMILES string of the molecule is CC1(C)CCc2sc(-c3cccc(C4(CNN)CCCC4)c3)c(C(=O)O)c2C1. The molecule has 4 N–H and O–H groups in total. The Kier molecular flexibility index (Phi) is 5.10. The van der Waals surface area contributed by atoms with E-state index in [1.54, 1.807) is 11.3 Å². The number of nitrogens with one attached hydrogen (secondary N) is 1. The molecule has 1 aromatic heterocycles. The normalized spacial score (nSPS) is 20.1. The molecule has 1 aromatic carbocycles. The van der Waals surface area contributed by atoms with E-state index in [1.807, 2.05) is 0 Å². The minimum absolute atomic E-state index is 0.0625. The van der Waals surface area contributed by atoms with E-state index < -0.39 is 5.97 Å². The maximum Gasteiger partial charge on any atom is 0.337 e. The second-order valence-electron chi connectivity index (χ2n) is 9.30. The number of carboxylic acid groups (broad SMARTS) is 1. The number of fused-ring (bicyclic) bond motifs is 1. The second kappa shape index (κ2) is 7.29. The Hall–Kier alpha value is -1.69. The number of hydrazine groups is 1. The first-order valence-electron chi connectivity index (χ1n) is 10.3. The molecule has 28 heavy (non-hydrogen) atoms. The van der Waals surface area contributed by atoms with Crippen molar-refractivity contribution in [2.75, 3.05) is 6.54 Å². The van der Waals surface area contributed by atoms with Crippen LogP contribution in [-0.4, -0.2) is 17.6 Å². The number of aryl methyl sites for hydroxylation is 1. The molecule has 1 saturated carbocycles. The minimum atomic E-state index is -0.796. The highest BCUT2D eigenvalue weighted by molar-refractivity contribution is 7.16. The fraction of sp³-hybridized carbons (Fsp3) is 0.522. The molecule has 2 aliphatic carbocycles. The van der Waals surface area contributed by atoms with Crippen molar-refractivity contribution in [3.05, 3.63) is 45.8 Å². The van der Waals surface area contributed by atoms with Crippen LogP contribution in [0.1, 0.15) is 72.3 Å². The van der Waals surface area contributed by atoms with Gasteiger partial charge in [-0.15, -0.1) is 11.3 Å². The van der Waals surface area contributed by atoms with Crippen LogP contribution in [0.25, 0.3) is 10.4 Å². The predicted octanol–water partition coefficient (Wildman–Crippen LogP) is 4.90. The van der Waals surface area contributed by atoms with Crippen LogP contribution in [-0.2, 0) is 18.3 Å². The predicted molar refractivity (Wildman–Crippen MR) is 115 cm³/mol. The first kappa shape index (κ1) is 19.6. The maximum atomic E-state index is 12.2. The Balaban J connectivity index is 1.80. The highest BCUT2D eigenvalue weighted by Gasteiger charge is 2.36. The summed E-state index contributed by atoms with van der Waals surface area (Å²) in [5, 5.41) is 10.0. The molecule has 0 saturated heterocycles. The molecule has 0 bridgehead atoms. The molecule has 2 aliphatic rings. The molecular weight excluding hydrogens is 368 g/mol. The first-order chi connectivity index (χ1) is 13.4. The zero-order valence-corrected chi connectivity index (χ0v) is 17.6. The Morgan fingerprint density at radius 1 is 1.25 bits per heavy atom. The van der Waals surface area contributed by atoms with Gasteiger partial charge in [-0.05, 0) is 60.3 Å². The standard InChI is InChI=1S/C23H30N2O2S/c1-22(2)11-8-18-17(13-22)19(21(26)27)20(28-18)15-6-5-7-16(12-15)23(14-25-24)9-3-4-10-23/h5-7,12,25H,3-4,8-11,13-14,24H2,1-2H3,(H,26,27). The highest BCUT2D eigenvalue weighted by Crippen LogP contribution is 2.46. The van der Waals surface area contributed by atoms with Gasteiger partial charge in [-0.2, -0.15) is 0 Å². The van der Waals surface area contributed by atoms with Crippen LogP contribution in [0.3, 0.4) is 0 Å². The highest BCUT2D eigenvalue weighted by atomic mass is 32.1. The Labute approximate surface area is 171 Å². The smallest absolute Gasteiger partial charge is 0.337 e. The summed E-state index contributed by atoms with van der Waals surface area (Å²) in [6.07, 6.45) is 7.63. The number of nitrogens with two attached hydrogens (primary N) is 1. The number of carbonyl (C=O) groups is 1. The molecule has 5 heteroatoms. The van der Waals surface area contributed by atoms with Gasteiger partial charge in [0.2, 0.25) is 0 Å². The average Bonchev–Trinajstić information content (AvgIpc) is 3.26. The Morgan fingerprint density at radius 2 is 2.00 bits per heavy atom. The van der Waals surface area contributed by atoms with E-state index in [4.69, 9.17) is 5.84 Å². The van der Waals surface area contributed by atoms with Gasteiger partial charge in [0.05, 0.1) is 5.56 Å². The van der Waals surface area contributed by atoms with Crippen LogP contribution in [0.2, 0.25) is 0 Å². The summed E-state index contributed by atoms with van der Waals surface area (Å²) < 4.78 is 0. The summed E-state index contributed by atoms with van der Waals surface area (Å²) in [5.41, 5.74) is 7.03. The van der Waals surface area contributed by atoms with Crippen LogP contribution in [0.15, 0.2) is 24.3 Å². The van der Waals surface area contributed by atoms with Crippen molar-refractivity contribution >= 4 is 17.3 Å². The number of hydrogen-bond acceptors (Lipinski definition) is 4. The summed E-state index contributed by atoms with van der Waals surface area (Å²) >= 11 is 1.69. The van der Waals surface area contributed by atoms with Crippen molar-refractivity contribution in [2.24, 2.45) is 11.3 Å². The van der Waals surface area contributed by atoms with Crippen molar-refractivity contribution in [1.82, 2.24) is 5.43 Å². The zero-order valence-electron chi connectivity index (χ0n) is 16.8. The van der Waals surface area contributed by atoms with Gasteiger partial charge >= 0.3 is 5.97 Å². The summed E-state index contributed by atoms with van der Waals surface area (Å²) in [5.74, 6) is 4.91. The van der Waals surface area contributed by atoms with E-state index in [1.165, 1.54) is 23.3 Å². The molecule has 0 atom stereocenters. The van der Waals surface area contributed by atoms with Gasteiger partial charge in [-0.3, -0.25) is 11.3 Å². The van der Waals surface area contributed by atoms with E-state index in [0.717, 1.165) is 54.7 Å². The molecule has 1 fully saturated rings. The van der Waals surface area contributed by atoms with E-state index >= 15 is 0 Å². The molecule has 0 spiro atoms. The maximum absolute atomic E-state index is 12.2. The van der Waals surface area contributed by atoms with Gasteiger partial charge in [0.15, 0.2) is 0 Å². The summed E-state index contributed by atoms with van der Waals surface area (Å²) in [7, 11) is 0. The van der Waals surface area contributed by atoms with Gasteiger partial charge in [0.25, 0.3) is 0 Å². The third kappa shape index (κ3) is 3.40.